The van der Waals surface area contributed by atoms with Gasteiger partial charge < -0.3 is 10.2 Å². The molecule has 0 aliphatic carbocycles. The lowest BCUT2D eigenvalue weighted by Gasteiger charge is -2.18. The van der Waals surface area contributed by atoms with Gasteiger partial charge in [0.15, 0.2) is 0 Å². The predicted octanol–water partition coefficient (Wildman–Crippen LogP) is 1.64. The highest BCUT2D eigenvalue weighted by Crippen LogP contribution is 2.19. The van der Waals surface area contributed by atoms with Crippen molar-refractivity contribution in [2.75, 3.05) is 32.1 Å². The number of benzene rings is 1. The third-order valence-electron chi connectivity index (χ3n) is 2.40. The molecule has 1 N–H and O–H groups in total. The van der Waals surface area contributed by atoms with Crippen LogP contribution in [-0.2, 0) is 0 Å². The minimum absolute atomic E-state index is 0.137. The summed E-state index contributed by atoms with van der Waals surface area (Å²) in [5, 5.41) is 13.7. The summed E-state index contributed by atoms with van der Waals surface area (Å²) in [6.07, 6.45) is 1.01. The van der Waals surface area contributed by atoms with Crippen LogP contribution in [0.3, 0.4) is 0 Å². The average Bonchev–Trinajstić information content (AvgIpc) is 2.29. The van der Waals surface area contributed by atoms with Crippen molar-refractivity contribution in [2.45, 2.75) is 6.42 Å². The molecule has 0 atom stereocenters. The van der Waals surface area contributed by atoms with Gasteiger partial charge in [-0.05, 0) is 26.1 Å². The molecule has 16 heavy (non-hydrogen) atoms. The molecule has 0 spiro atoms. The molecule has 0 unspecified atom stereocenters. The maximum atomic E-state index is 10.6. The Morgan fingerprint density at radius 2 is 2.25 bits per heavy atom. The number of nitro benzene ring substituents is 1. The predicted molar refractivity (Wildman–Crippen MR) is 64.9 cm³/mol. The van der Waals surface area contributed by atoms with Gasteiger partial charge in [-0.1, -0.05) is 6.07 Å². The quantitative estimate of drug-likeness (QED) is 0.452. The normalized spacial score (nSPS) is 10.1. The van der Waals surface area contributed by atoms with E-state index in [4.69, 9.17) is 0 Å². The first kappa shape index (κ1) is 12.4. The zero-order valence-corrected chi connectivity index (χ0v) is 9.64. The van der Waals surface area contributed by atoms with Crippen molar-refractivity contribution in [3.05, 3.63) is 34.4 Å². The van der Waals surface area contributed by atoms with E-state index in [-0.39, 0.29) is 10.6 Å². The molecule has 1 aromatic rings. The first-order valence-electron chi connectivity index (χ1n) is 5.25. The van der Waals surface area contributed by atoms with E-state index < -0.39 is 0 Å². The van der Waals surface area contributed by atoms with E-state index in [1.807, 2.05) is 25.1 Å². The average molecular weight is 223 g/mol. The monoisotopic (exact) mass is 223 g/mol. The second kappa shape index (κ2) is 6.07. The zero-order chi connectivity index (χ0) is 12.0. The van der Waals surface area contributed by atoms with Crippen molar-refractivity contribution < 1.29 is 4.92 Å². The van der Waals surface area contributed by atoms with E-state index in [1.165, 1.54) is 6.07 Å². The number of nitrogens with one attached hydrogen (secondary N) is 1. The minimum atomic E-state index is -0.370. The second-order valence-electron chi connectivity index (χ2n) is 3.66. The Bertz CT molecular complexity index is 355. The summed E-state index contributed by atoms with van der Waals surface area (Å²) in [4.78, 5) is 12.3. The highest BCUT2D eigenvalue weighted by Gasteiger charge is 2.07. The van der Waals surface area contributed by atoms with Gasteiger partial charge in [-0.3, -0.25) is 10.1 Å². The van der Waals surface area contributed by atoms with Crippen molar-refractivity contribution in [1.82, 2.24) is 5.32 Å². The lowest BCUT2D eigenvalue weighted by Crippen LogP contribution is -2.22. The molecular weight excluding hydrogens is 206 g/mol. The van der Waals surface area contributed by atoms with Gasteiger partial charge in [0, 0.05) is 31.4 Å². The third kappa shape index (κ3) is 3.51. The first-order valence-corrected chi connectivity index (χ1v) is 5.25. The maximum absolute atomic E-state index is 10.6. The lowest BCUT2D eigenvalue weighted by atomic mass is 10.2. The van der Waals surface area contributed by atoms with Crippen LogP contribution in [0.1, 0.15) is 6.42 Å². The Balaban J connectivity index is 2.64. The zero-order valence-electron chi connectivity index (χ0n) is 9.64. The highest BCUT2D eigenvalue weighted by atomic mass is 16.6. The topological polar surface area (TPSA) is 58.4 Å². The molecule has 0 amide bonds. The van der Waals surface area contributed by atoms with E-state index in [1.54, 1.807) is 12.1 Å². The van der Waals surface area contributed by atoms with Crippen LogP contribution in [0.25, 0.3) is 0 Å². The molecular formula is C11H17N3O2. The molecule has 0 aliphatic rings. The molecule has 0 radical (unpaired) electrons. The second-order valence-corrected chi connectivity index (χ2v) is 3.66. The van der Waals surface area contributed by atoms with Crippen LogP contribution >= 0.6 is 0 Å². The summed E-state index contributed by atoms with van der Waals surface area (Å²) >= 11 is 0. The Hall–Kier alpha value is -1.62. The van der Waals surface area contributed by atoms with Crippen molar-refractivity contribution in [3.63, 3.8) is 0 Å². The van der Waals surface area contributed by atoms with Gasteiger partial charge in [0.25, 0.3) is 5.69 Å². The summed E-state index contributed by atoms with van der Waals surface area (Å²) in [5.74, 6) is 0. The Morgan fingerprint density at radius 1 is 1.50 bits per heavy atom. The number of hydrogen-bond donors (Lipinski definition) is 1. The van der Waals surface area contributed by atoms with Crippen molar-refractivity contribution in [3.8, 4) is 0 Å². The molecule has 0 saturated heterocycles. The van der Waals surface area contributed by atoms with Crippen molar-refractivity contribution in [2.24, 2.45) is 0 Å². The van der Waals surface area contributed by atoms with Gasteiger partial charge in [-0.25, -0.2) is 0 Å². The largest absolute Gasteiger partial charge is 0.374 e. The van der Waals surface area contributed by atoms with Crippen molar-refractivity contribution >= 4 is 11.4 Å². The van der Waals surface area contributed by atoms with E-state index in [2.05, 4.69) is 5.32 Å². The van der Waals surface area contributed by atoms with Crippen LogP contribution in [0, 0.1) is 10.1 Å². The van der Waals surface area contributed by atoms with Gasteiger partial charge in [-0.2, -0.15) is 0 Å². The van der Waals surface area contributed by atoms with Crippen LogP contribution in [0.5, 0.6) is 0 Å². The Morgan fingerprint density at radius 3 is 2.88 bits per heavy atom. The molecule has 0 aliphatic heterocycles. The SMILES string of the molecule is CNCCCN(C)c1cccc([N+](=O)[O-])c1. The smallest absolute Gasteiger partial charge is 0.271 e. The molecule has 1 aromatic carbocycles. The van der Waals surface area contributed by atoms with Gasteiger partial charge in [0.1, 0.15) is 0 Å². The summed E-state index contributed by atoms with van der Waals surface area (Å²) in [6.45, 7) is 1.82. The summed E-state index contributed by atoms with van der Waals surface area (Å²) in [7, 11) is 3.85. The van der Waals surface area contributed by atoms with Crippen LogP contribution in [-0.4, -0.2) is 32.1 Å². The fourth-order valence-electron chi connectivity index (χ4n) is 1.47. The lowest BCUT2D eigenvalue weighted by molar-refractivity contribution is -0.384. The number of hydrogen-bond acceptors (Lipinski definition) is 4. The summed E-state index contributed by atoms with van der Waals surface area (Å²) < 4.78 is 0. The fraction of sp³-hybridized carbons (Fsp3) is 0.455. The highest BCUT2D eigenvalue weighted by molar-refractivity contribution is 5.52. The fourth-order valence-corrected chi connectivity index (χ4v) is 1.47. The minimum Gasteiger partial charge on any atom is -0.374 e. The summed E-state index contributed by atoms with van der Waals surface area (Å²) in [6, 6.07) is 6.69. The molecule has 5 nitrogen and oxygen atoms in total. The molecule has 0 fully saturated rings. The number of nitro groups is 1. The van der Waals surface area contributed by atoms with Gasteiger partial charge in [-0.15, -0.1) is 0 Å². The van der Waals surface area contributed by atoms with Gasteiger partial charge in [0.05, 0.1) is 4.92 Å². The van der Waals surface area contributed by atoms with Gasteiger partial charge >= 0.3 is 0 Å². The van der Waals surface area contributed by atoms with Crippen LogP contribution < -0.4 is 10.2 Å². The third-order valence-corrected chi connectivity index (χ3v) is 2.40. The Labute approximate surface area is 95.2 Å². The van der Waals surface area contributed by atoms with Crippen LogP contribution in [0.2, 0.25) is 0 Å². The van der Waals surface area contributed by atoms with E-state index in [9.17, 15) is 10.1 Å². The van der Waals surface area contributed by atoms with Crippen LogP contribution in [0.4, 0.5) is 11.4 Å². The number of rotatable bonds is 6. The van der Waals surface area contributed by atoms with Gasteiger partial charge in [0.2, 0.25) is 0 Å². The van der Waals surface area contributed by atoms with E-state index in [0.717, 1.165) is 25.2 Å². The van der Waals surface area contributed by atoms with E-state index >= 15 is 0 Å². The maximum Gasteiger partial charge on any atom is 0.271 e. The standard InChI is InChI=1S/C11H17N3O2/c1-12-7-4-8-13(2)10-5-3-6-11(9-10)14(15)16/h3,5-6,9,12H,4,7-8H2,1-2H3. The number of nitrogens with zero attached hydrogens (tertiary/aromatic N) is 2. The molecule has 0 aromatic heterocycles. The van der Waals surface area contributed by atoms with Crippen molar-refractivity contribution in [1.29, 1.82) is 0 Å². The Kier molecular flexibility index (Phi) is 4.72. The molecule has 1 rings (SSSR count). The number of non-ortho nitro benzene ring substituents is 1. The first-order chi connectivity index (χ1) is 7.65. The van der Waals surface area contributed by atoms with Crippen LogP contribution in [0.15, 0.2) is 24.3 Å². The van der Waals surface area contributed by atoms with E-state index in [0.29, 0.717) is 0 Å². The number of anilines is 1. The molecule has 0 heterocycles. The molecule has 0 bridgehead atoms. The molecule has 5 heteroatoms. The summed E-state index contributed by atoms with van der Waals surface area (Å²) in [5.41, 5.74) is 1.02. The molecule has 88 valence electrons. The molecule has 0 saturated carbocycles.